The summed E-state index contributed by atoms with van der Waals surface area (Å²) in [6.07, 6.45) is 2.19. The maximum absolute atomic E-state index is 5.98. The average molecular weight is 307 g/mol. The van der Waals surface area contributed by atoms with Crippen LogP contribution in [0, 0.1) is 0 Å². The van der Waals surface area contributed by atoms with Gasteiger partial charge in [0.2, 0.25) is 0 Å². The van der Waals surface area contributed by atoms with E-state index in [1.807, 2.05) is 0 Å². The molecule has 1 aromatic rings. The molecule has 0 bridgehead atoms. The standard InChI is InChI=1S/C14H20Cl2O3/c1-3-4-5-18-6-7-19-14-11(10-15)8-12(16)9-13(14)17-2/h8-9H,3-7,10H2,1-2H3. The molecule has 0 amide bonds. The highest BCUT2D eigenvalue weighted by atomic mass is 35.5. The Bertz CT molecular complexity index is 358. The molecule has 1 aromatic carbocycles. The van der Waals surface area contributed by atoms with Crippen molar-refractivity contribution in [2.45, 2.75) is 25.6 Å². The summed E-state index contributed by atoms with van der Waals surface area (Å²) in [5, 5.41) is 0.582. The van der Waals surface area contributed by atoms with Crippen LogP contribution in [-0.4, -0.2) is 26.9 Å². The van der Waals surface area contributed by atoms with Crippen LogP contribution in [0.2, 0.25) is 5.02 Å². The number of halogens is 2. The molecule has 0 fully saturated rings. The quantitative estimate of drug-likeness (QED) is 0.503. The van der Waals surface area contributed by atoms with E-state index in [1.165, 1.54) is 0 Å². The molecule has 1 rings (SSSR count). The number of unbranched alkanes of at least 4 members (excludes halogenated alkanes) is 1. The molecule has 0 atom stereocenters. The zero-order chi connectivity index (χ0) is 14.1. The summed E-state index contributed by atoms with van der Waals surface area (Å²) in [4.78, 5) is 0. The highest BCUT2D eigenvalue weighted by Crippen LogP contribution is 2.35. The monoisotopic (exact) mass is 306 g/mol. The van der Waals surface area contributed by atoms with Gasteiger partial charge in [-0.1, -0.05) is 24.9 Å². The van der Waals surface area contributed by atoms with Crippen molar-refractivity contribution in [3.8, 4) is 11.5 Å². The molecular weight excluding hydrogens is 287 g/mol. The zero-order valence-electron chi connectivity index (χ0n) is 11.4. The zero-order valence-corrected chi connectivity index (χ0v) is 12.9. The number of methoxy groups -OCH3 is 1. The number of hydrogen-bond acceptors (Lipinski definition) is 3. The van der Waals surface area contributed by atoms with E-state index in [0.29, 0.717) is 35.6 Å². The van der Waals surface area contributed by atoms with Crippen LogP contribution in [0.5, 0.6) is 11.5 Å². The minimum Gasteiger partial charge on any atom is -0.493 e. The third-order valence-corrected chi connectivity index (χ3v) is 3.08. The van der Waals surface area contributed by atoms with Gasteiger partial charge in [0.15, 0.2) is 11.5 Å². The van der Waals surface area contributed by atoms with Crippen molar-refractivity contribution >= 4 is 23.2 Å². The molecule has 0 aliphatic heterocycles. The maximum Gasteiger partial charge on any atom is 0.165 e. The third kappa shape index (κ3) is 5.47. The van der Waals surface area contributed by atoms with Crippen molar-refractivity contribution in [2.24, 2.45) is 0 Å². The number of rotatable bonds is 9. The van der Waals surface area contributed by atoms with E-state index in [-0.39, 0.29) is 0 Å². The summed E-state index contributed by atoms with van der Waals surface area (Å²) in [5.74, 6) is 1.56. The molecule has 0 saturated carbocycles. The molecule has 0 N–H and O–H groups in total. The molecule has 0 saturated heterocycles. The largest absolute Gasteiger partial charge is 0.493 e. The van der Waals surface area contributed by atoms with Gasteiger partial charge in [-0.2, -0.15) is 0 Å². The summed E-state index contributed by atoms with van der Waals surface area (Å²) < 4.78 is 16.4. The topological polar surface area (TPSA) is 27.7 Å². The van der Waals surface area contributed by atoms with Crippen molar-refractivity contribution in [1.29, 1.82) is 0 Å². The van der Waals surface area contributed by atoms with E-state index >= 15 is 0 Å². The summed E-state index contributed by atoms with van der Waals surface area (Å²) in [5.41, 5.74) is 0.819. The van der Waals surface area contributed by atoms with Gasteiger partial charge in [-0.3, -0.25) is 0 Å². The normalized spacial score (nSPS) is 10.5. The van der Waals surface area contributed by atoms with Gasteiger partial charge in [0, 0.05) is 23.3 Å². The first-order chi connectivity index (χ1) is 9.22. The predicted octanol–water partition coefficient (Wildman–Crippen LogP) is 4.28. The van der Waals surface area contributed by atoms with Gasteiger partial charge >= 0.3 is 0 Å². The first kappa shape index (κ1) is 16.4. The molecular formula is C14H20Cl2O3. The SMILES string of the molecule is CCCCOCCOc1c(CCl)cc(Cl)cc1OC. The second-order valence-electron chi connectivity index (χ2n) is 4.04. The molecule has 0 radical (unpaired) electrons. The Morgan fingerprint density at radius 2 is 1.95 bits per heavy atom. The third-order valence-electron chi connectivity index (χ3n) is 2.58. The van der Waals surface area contributed by atoms with Gasteiger partial charge in [-0.05, 0) is 12.5 Å². The first-order valence-corrected chi connectivity index (χ1v) is 7.27. The fourth-order valence-electron chi connectivity index (χ4n) is 1.59. The van der Waals surface area contributed by atoms with E-state index in [0.717, 1.165) is 25.0 Å². The van der Waals surface area contributed by atoms with Crippen LogP contribution in [0.4, 0.5) is 0 Å². The average Bonchev–Trinajstić information content (AvgIpc) is 2.43. The van der Waals surface area contributed by atoms with E-state index in [1.54, 1.807) is 19.2 Å². The first-order valence-electron chi connectivity index (χ1n) is 6.35. The lowest BCUT2D eigenvalue weighted by Crippen LogP contribution is -2.09. The minimum atomic E-state index is 0.322. The van der Waals surface area contributed by atoms with Gasteiger partial charge in [-0.15, -0.1) is 11.6 Å². The smallest absolute Gasteiger partial charge is 0.165 e. The van der Waals surface area contributed by atoms with Crippen LogP contribution in [0.1, 0.15) is 25.3 Å². The number of benzene rings is 1. The van der Waals surface area contributed by atoms with E-state index < -0.39 is 0 Å². The Balaban J connectivity index is 2.56. The molecule has 0 aromatic heterocycles. The van der Waals surface area contributed by atoms with Crippen LogP contribution in [0.3, 0.4) is 0 Å². The van der Waals surface area contributed by atoms with Crippen molar-refractivity contribution in [2.75, 3.05) is 26.9 Å². The Labute approximate surface area is 124 Å². The molecule has 0 aliphatic carbocycles. The molecule has 3 nitrogen and oxygen atoms in total. The Kier molecular flexibility index (Phi) is 8.03. The molecule has 0 spiro atoms. The molecule has 19 heavy (non-hydrogen) atoms. The van der Waals surface area contributed by atoms with Crippen LogP contribution < -0.4 is 9.47 Å². The van der Waals surface area contributed by atoms with Crippen LogP contribution >= 0.6 is 23.2 Å². The lowest BCUT2D eigenvalue weighted by Gasteiger charge is -2.14. The van der Waals surface area contributed by atoms with E-state index in [2.05, 4.69) is 6.92 Å². The highest BCUT2D eigenvalue weighted by Gasteiger charge is 2.12. The fraction of sp³-hybridized carbons (Fsp3) is 0.571. The van der Waals surface area contributed by atoms with Gasteiger partial charge in [0.05, 0.1) is 19.6 Å². The van der Waals surface area contributed by atoms with Crippen molar-refractivity contribution in [1.82, 2.24) is 0 Å². The molecule has 108 valence electrons. The second-order valence-corrected chi connectivity index (χ2v) is 4.75. The van der Waals surface area contributed by atoms with Crippen LogP contribution in [0.15, 0.2) is 12.1 Å². The molecule has 0 aliphatic rings. The lowest BCUT2D eigenvalue weighted by molar-refractivity contribution is 0.0967. The lowest BCUT2D eigenvalue weighted by atomic mass is 10.2. The van der Waals surface area contributed by atoms with Crippen LogP contribution in [0.25, 0.3) is 0 Å². The number of alkyl halides is 1. The van der Waals surface area contributed by atoms with Gasteiger partial charge in [-0.25, -0.2) is 0 Å². The van der Waals surface area contributed by atoms with Crippen molar-refractivity contribution in [3.05, 3.63) is 22.7 Å². The highest BCUT2D eigenvalue weighted by molar-refractivity contribution is 6.31. The minimum absolute atomic E-state index is 0.322. The van der Waals surface area contributed by atoms with Gasteiger partial charge < -0.3 is 14.2 Å². The Hall–Kier alpha value is -0.640. The summed E-state index contributed by atoms with van der Waals surface area (Å²) in [6.45, 7) is 3.91. The second kappa shape index (κ2) is 9.29. The van der Waals surface area contributed by atoms with E-state index in [9.17, 15) is 0 Å². The Morgan fingerprint density at radius 3 is 2.58 bits per heavy atom. The number of hydrogen-bond donors (Lipinski definition) is 0. The van der Waals surface area contributed by atoms with Crippen molar-refractivity contribution < 1.29 is 14.2 Å². The van der Waals surface area contributed by atoms with Crippen molar-refractivity contribution in [3.63, 3.8) is 0 Å². The number of ether oxygens (including phenoxy) is 3. The predicted molar refractivity (Wildman–Crippen MR) is 78.8 cm³/mol. The summed E-state index contributed by atoms with van der Waals surface area (Å²) >= 11 is 11.9. The molecule has 5 heteroatoms. The fourth-order valence-corrected chi connectivity index (χ4v) is 2.02. The molecule has 0 unspecified atom stereocenters. The van der Waals surface area contributed by atoms with E-state index in [4.69, 9.17) is 37.4 Å². The molecule has 0 heterocycles. The van der Waals surface area contributed by atoms with Crippen LogP contribution in [-0.2, 0) is 10.6 Å². The van der Waals surface area contributed by atoms with Gasteiger partial charge in [0.1, 0.15) is 6.61 Å². The summed E-state index contributed by atoms with van der Waals surface area (Å²) in [6, 6.07) is 3.50. The Morgan fingerprint density at radius 1 is 1.16 bits per heavy atom. The maximum atomic E-state index is 5.98. The summed E-state index contributed by atoms with van der Waals surface area (Å²) in [7, 11) is 1.58. The van der Waals surface area contributed by atoms with Gasteiger partial charge in [0.25, 0.3) is 0 Å².